The fourth-order valence-corrected chi connectivity index (χ4v) is 7.70. The SMILES string of the molecule is c1ccc(-c2ccc(-n3c4ccccc4c4cc5c(cc43)c3ccccc3n5-c3ccc4c(-c5ccccc5)cccc4c3)cc2)cc1. The Bertz CT molecular complexity index is 2800. The van der Waals surface area contributed by atoms with Crippen LogP contribution in [-0.2, 0) is 0 Å². The summed E-state index contributed by atoms with van der Waals surface area (Å²) >= 11 is 0. The van der Waals surface area contributed by atoms with Crippen LogP contribution in [0, 0.1) is 0 Å². The Labute approximate surface area is 278 Å². The van der Waals surface area contributed by atoms with Crippen molar-refractivity contribution >= 4 is 54.4 Å². The summed E-state index contributed by atoms with van der Waals surface area (Å²) in [6.45, 7) is 0. The highest BCUT2D eigenvalue weighted by atomic mass is 15.0. The number of benzene rings is 8. The van der Waals surface area contributed by atoms with Crippen LogP contribution in [0.15, 0.2) is 182 Å². The topological polar surface area (TPSA) is 9.86 Å². The van der Waals surface area contributed by atoms with Crippen molar-refractivity contribution in [3.63, 3.8) is 0 Å². The minimum Gasteiger partial charge on any atom is -0.309 e. The van der Waals surface area contributed by atoms with Crippen molar-refractivity contribution in [2.45, 2.75) is 0 Å². The molecule has 0 aliphatic rings. The lowest BCUT2D eigenvalue weighted by Crippen LogP contribution is -1.95. The van der Waals surface area contributed by atoms with Gasteiger partial charge in [0.05, 0.1) is 22.1 Å². The summed E-state index contributed by atoms with van der Waals surface area (Å²) in [4.78, 5) is 0. The van der Waals surface area contributed by atoms with E-state index in [1.54, 1.807) is 0 Å². The van der Waals surface area contributed by atoms with Gasteiger partial charge in [0.25, 0.3) is 0 Å². The van der Waals surface area contributed by atoms with E-state index < -0.39 is 0 Å². The maximum atomic E-state index is 2.44. The van der Waals surface area contributed by atoms with Gasteiger partial charge in [0.15, 0.2) is 0 Å². The van der Waals surface area contributed by atoms with Crippen LogP contribution in [0.5, 0.6) is 0 Å². The second kappa shape index (κ2) is 10.6. The Morgan fingerprint density at radius 2 is 0.792 bits per heavy atom. The molecule has 224 valence electrons. The molecular weight excluding hydrogens is 581 g/mol. The lowest BCUT2D eigenvalue weighted by atomic mass is 9.98. The highest BCUT2D eigenvalue weighted by molar-refractivity contribution is 6.19. The second-order valence-corrected chi connectivity index (χ2v) is 12.6. The van der Waals surface area contributed by atoms with Crippen molar-refractivity contribution in [2.75, 3.05) is 0 Å². The molecule has 0 saturated heterocycles. The second-order valence-electron chi connectivity index (χ2n) is 12.6. The zero-order valence-corrected chi connectivity index (χ0v) is 26.2. The molecule has 0 fully saturated rings. The third-order valence-electron chi connectivity index (χ3n) is 9.91. The minimum atomic E-state index is 1.16. The van der Waals surface area contributed by atoms with Gasteiger partial charge in [-0.25, -0.2) is 0 Å². The average Bonchev–Trinajstić information content (AvgIpc) is 3.66. The molecule has 8 aromatic carbocycles. The van der Waals surface area contributed by atoms with Crippen LogP contribution in [-0.4, -0.2) is 9.13 Å². The molecule has 2 heteroatoms. The molecule has 0 amide bonds. The fourth-order valence-electron chi connectivity index (χ4n) is 7.70. The van der Waals surface area contributed by atoms with Crippen LogP contribution in [0.1, 0.15) is 0 Å². The van der Waals surface area contributed by atoms with E-state index in [2.05, 4.69) is 191 Å². The molecule has 0 saturated carbocycles. The van der Waals surface area contributed by atoms with Crippen LogP contribution in [0.25, 0.3) is 88.0 Å². The molecule has 10 rings (SSSR count). The van der Waals surface area contributed by atoms with Gasteiger partial charge in [0.1, 0.15) is 0 Å². The van der Waals surface area contributed by atoms with Crippen LogP contribution >= 0.6 is 0 Å². The lowest BCUT2D eigenvalue weighted by molar-refractivity contribution is 1.18. The monoisotopic (exact) mass is 610 g/mol. The standard InChI is InChI=1S/C46H30N2/c1-3-12-31(13-4-1)32-22-24-35(25-23-32)47-43-20-9-7-17-39(43)41-30-46-42(29-45(41)47)40-18-8-10-21-44(40)48(46)36-26-27-38-34(28-36)16-11-19-37(38)33-14-5-2-6-15-33/h1-30H. The van der Waals surface area contributed by atoms with Crippen molar-refractivity contribution in [1.29, 1.82) is 0 Å². The third-order valence-corrected chi connectivity index (χ3v) is 9.91. The summed E-state index contributed by atoms with van der Waals surface area (Å²) in [5.41, 5.74) is 12.1. The molecule has 0 unspecified atom stereocenters. The van der Waals surface area contributed by atoms with E-state index in [0.29, 0.717) is 0 Å². The number of hydrogen-bond donors (Lipinski definition) is 0. The van der Waals surface area contributed by atoms with E-state index in [1.165, 1.54) is 82.3 Å². The van der Waals surface area contributed by atoms with Gasteiger partial charge in [0.2, 0.25) is 0 Å². The third kappa shape index (κ3) is 4.06. The van der Waals surface area contributed by atoms with Gasteiger partial charge in [-0.1, -0.05) is 133 Å². The number of para-hydroxylation sites is 2. The molecule has 0 N–H and O–H groups in total. The highest BCUT2D eigenvalue weighted by Crippen LogP contribution is 2.40. The van der Waals surface area contributed by atoms with E-state index in [4.69, 9.17) is 0 Å². The summed E-state index contributed by atoms with van der Waals surface area (Å²) in [6.07, 6.45) is 0. The normalized spacial score (nSPS) is 11.8. The van der Waals surface area contributed by atoms with Gasteiger partial charge in [-0.3, -0.25) is 0 Å². The summed E-state index contributed by atoms with van der Waals surface area (Å²) in [5.74, 6) is 0. The van der Waals surface area contributed by atoms with Crippen LogP contribution in [0.4, 0.5) is 0 Å². The minimum absolute atomic E-state index is 1.16. The molecule has 0 aliphatic carbocycles. The average molecular weight is 611 g/mol. The van der Waals surface area contributed by atoms with Crippen molar-refractivity contribution in [2.24, 2.45) is 0 Å². The van der Waals surface area contributed by atoms with Gasteiger partial charge in [-0.15, -0.1) is 0 Å². The molecular formula is C46H30N2. The van der Waals surface area contributed by atoms with Crippen molar-refractivity contribution in [3.05, 3.63) is 182 Å². The number of nitrogens with zero attached hydrogens (tertiary/aromatic N) is 2. The van der Waals surface area contributed by atoms with E-state index >= 15 is 0 Å². The maximum Gasteiger partial charge on any atom is 0.0548 e. The number of aromatic nitrogens is 2. The molecule has 0 aliphatic heterocycles. The first-order valence-corrected chi connectivity index (χ1v) is 16.5. The van der Waals surface area contributed by atoms with Crippen LogP contribution < -0.4 is 0 Å². The Hall–Kier alpha value is -6.38. The molecule has 2 nitrogen and oxygen atoms in total. The molecule has 0 atom stereocenters. The van der Waals surface area contributed by atoms with Gasteiger partial charge in [-0.05, 0) is 81.6 Å². The zero-order chi connectivity index (χ0) is 31.6. The van der Waals surface area contributed by atoms with Gasteiger partial charge < -0.3 is 9.13 Å². The van der Waals surface area contributed by atoms with Gasteiger partial charge in [0, 0.05) is 32.9 Å². The van der Waals surface area contributed by atoms with E-state index in [-0.39, 0.29) is 0 Å². The molecule has 10 aromatic rings. The molecule has 0 spiro atoms. The summed E-state index contributed by atoms with van der Waals surface area (Å²) in [5, 5.41) is 7.50. The molecule has 2 aromatic heterocycles. The maximum absolute atomic E-state index is 2.44. The first-order chi connectivity index (χ1) is 23.8. The first-order valence-electron chi connectivity index (χ1n) is 16.5. The van der Waals surface area contributed by atoms with Crippen LogP contribution in [0.2, 0.25) is 0 Å². The van der Waals surface area contributed by atoms with Crippen molar-refractivity contribution < 1.29 is 0 Å². The Kier molecular flexibility index (Phi) is 5.91. The Morgan fingerprint density at radius 1 is 0.271 bits per heavy atom. The summed E-state index contributed by atoms with van der Waals surface area (Å²) in [6, 6.07) is 66.2. The molecule has 0 bridgehead atoms. The quantitative estimate of drug-likeness (QED) is 0.188. The molecule has 2 heterocycles. The lowest BCUT2D eigenvalue weighted by Gasteiger charge is -2.12. The van der Waals surface area contributed by atoms with E-state index in [9.17, 15) is 0 Å². The number of hydrogen-bond acceptors (Lipinski definition) is 0. The zero-order valence-electron chi connectivity index (χ0n) is 26.2. The van der Waals surface area contributed by atoms with E-state index in [1.807, 2.05) is 0 Å². The largest absolute Gasteiger partial charge is 0.309 e. The fraction of sp³-hybridized carbons (Fsp3) is 0. The smallest absolute Gasteiger partial charge is 0.0548 e. The van der Waals surface area contributed by atoms with Crippen LogP contribution in [0.3, 0.4) is 0 Å². The number of fused-ring (bicyclic) bond motifs is 7. The highest BCUT2D eigenvalue weighted by Gasteiger charge is 2.19. The summed E-state index contributed by atoms with van der Waals surface area (Å²) < 4.78 is 4.87. The van der Waals surface area contributed by atoms with Crippen molar-refractivity contribution in [3.8, 4) is 33.6 Å². The first kappa shape index (κ1) is 26.8. The molecule has 0 radical (unpaired) electrons. The predicted octanol–water partition coefficient (Wildman–Crippen LogP) is 12.4. The Balaban J connectivity index is 1.21. The van der Waals surface area contributed by atoms with Crippen molar-refractivity contribution in [1.82, 2.24) is 9.13 Å². The predicted molar refractivity (Wildman–Crippen MR) is 203 cm³/mol. The number of rotatable bonds is 4. The van der Waals surface area contributed by atoms with E-state index in [0.717, 1.165) is 5.69 Å². The van der Waals surface area contributed by atoms with Gasteiger partial charge >= 0.3 is 0 Å². The molecule has 48 heavy (non-hydrogen) atoms. The summed E-state index contributed by atoms with van der Waals surface area (Å²) in [7, 11) is 0. The van der Waals surface area contributed by atoms with Gasteiger partial charge in [-0.2, -0.15) is 0 Å². The Morgan fingerprint density at radius 3 is 1.44 bits per heavy atom.